The van der Waals surface area contributed by atoms with Gasteiger partial charge in [0.25, 0.3) is 0 Å². The number of benzene rings is 1. The van der Waals surface area contributed by atoms with Crippen LogP contribution in [0.1, 0.15) is 12.5 Å². The fraction of sp³-hybridized carbons (Fsp3) is 0.333. The fourth-order valence-electron chi connectivity index (χ4n) is 1.16. The molecule has 2 radical (unpaired) electrons. The molecule has 0 saturated carbocycles. The maximum atomic E-state index is 5.66. The summed E-state index contributed by atoms with van der Waals surface area (Å²) in [5, 5.41) is 0. The van der Waals surface area contributed by atoms with E-state index in [-0.39, 0.29) is 0 Å². The highest BCUT2D eigenvalue weighted by molar-refractivity contribution is 6.30. The van der Waals surface area contributed by atoms with E-state index in [0.717, 1.165) is 17.9 Å². The number of ether oxygens (including phenoxy) is 1. The molecule has 3 heteroatoms. The Hall–Kier alpha value is -1.06. The SMILES string of the molecule is C=Cc1cccc(O[Si]C(C)COC)c1. The third-order valence-corrected chi connectivity index (χ3v) is 2.81. The van der Waals surface area contributed by atoms with Gasteiger partial charge in [0, 0.05) is 19.3 Å². The monoisotopic (exact) mass is 220 g/mol. The molecular formula is C12H16O2Si. The second kappa shape index (κ2) is 6.43. The van der Waals surface area contributed by atoms with Crippen molar-refractivity contribution in [3.05, 3.63) is 36.4 Å². The maximum absolute atomic E-state index is 5.66. The van der Waals surface area contributed by atoms with Crippen LogP contribution in [0.4, 0.5) is 0 Å². The van der Waals surface area contributed by atoms with Crippen molar-refractivity contribution in [2.75, 3.05) is 13.7 Å². The predicted octanol–water partition coefficient (Wildman–Crippen LogP) is 2.78. The molecule has 0 aromatic heterocycles. The first kappa shape index (κ1) is 12.0. The lowest BCUT2D eigenvalue weighted by Gasteiger charge is -2.10. The van der Waals surface area contributed by atoms with Gasteiger partial charge in [-0.15, -0.1) is 0 Å². The van der Waals surface area contributed by atoms with E-state index in [1.54, 1.807) is 7.11 Å². The number of hydrogen-bond acceptors (Lipinski definition) is 2. The molecule has 1 atom stereocenters. The second-order valence-electron chi connectivity index (χ2n) is 3.35. The summed E-state index contributed by atoms with van der Waals surface area (Å²) in [6, 6.07) is 7.92. The normalized spacial score (nSPS) is 12.1. The van der Waals surface area contributed by atoms with E-state index in [2.05, 4.69) is 13.5 Å². The minimum absolute atomic E-state index is 0.429. The summed E-state index contributed by atoms with van der Waals surface area (Å²) in [5.74, 6) is 0.897. The highest BCUT2D eigenvalue weighted by Crippen LogP contribution is 2.15. The lowest BCUT2D eigenvalue weighted by molar-refractivity contribution is 0.196. The minimum atomic E-state index is 0.429. The third kappa shape index (κ3) is 4.32. The van der Waals surface area contributed by atoms with Crippen molar-refractivity contribution in [1.82, 2.24) is 0 Å². The molecule has 0 spiro atoms. The molecule has 1 aromatic rings. The summed E-state index contributed by atoms with van der Waals surface area (Å²) in [6.07, 6.45) is 1.81. The van der Waals surface area contributed by atoms with Gasteiger partial charge in [-0.25, -0.2) is 0 Å². The van der Waals surface area contributed by atoms with E-state index in [4.69, 9.17) is 9.16 Å². The van der Waals surface area contributed by atoms with Crippen LogP contribution in [0.2, 0.25) is 5.54 Å². The van der Waals surface area contributed by atoms with Crippen molar-refractivity contribution in [2.45, 2.75) is 12.5 Å². The van der Waals surface area contributed by atoms with Crippen molar-refractivity contribution < 1.29 is 9.16 Å². The Kier molecular flexibility index (Phi) is 5.14. The van der Waals surface area contributed by atoms with Gasteiger partial charge in [0.05, 0.1) is 0 Å². The lowest BCUT2D eigenvalue weighted by Crippen LogP contribution is -2.12. The average Bonchev–Trinajstić information content (AvgIpc) is 2.27. The van der Waals surface area contributed by atoms with Crippen LogP contribution >= 0.6 is 0 Å². The van der Waals surface area contributed by atoms with Crippen LogP contribution in [0.5, 0.6) is 5.75 Å². The number of rotatable bonds is 6. The molecule has 2 nitrogen and oxygen atoms in total. The Morgan fingerprint density at radius 3 is 3.00 bits per heavy atom. The van der Waals surface area contributed by atoms with E-state index in [1.807, 2.05) is 30.3 Å². The molecule has 0 aliphatic carbocycles. The molecule has 1 unspecified atom stereocenters. The van der Waals surface area contributed by atoms with Crippen LogP contribution in [0.15, 0.2) is 30.8 Å². The van der Waals surface area contributed by atoms with Gasteiger partial charge in [-0.3, -0.25) is 0 Å². The van der Waals surface area contributed by atoms with Crippen molar-refractivity contribution in [3.8, 4) is 5.75 Å². The second-order valence-corrected chi connectivity index (χ2v) is 4.78. The molecule has 0 bridgehead atoms. The van der Waals surface area contributed by atoms with Crippen molar-refractivity contribution in [2.24, 2.45) is 0 Å². The lowest BCUT2D eigenvalue weighted by atomic mass is 10.2. The molecule has 0 amide bonds. The van der Waals surface area contributed by atoms with Gasteiger partial charge in [0.1, 0.15) is 5.75 Å². The molecular weight excluding hydrogens is 204 g/mol. The number of methoxy groups -OCH3 is 1. The standard InChI is InChI=1S/C12H16O2Si/c1-4-11-6-5-7-12(8-11)14-15-10(2)9-13-3/h4-8,10H,1,9H2,2-3H3. The molecule has 0 saturated heterocycles. The molecule has 0 aliphatic heterocycles. The van der Waals surface area contributed by atoms with Gasteiger partial charge in [-0.1, -0.05) is 31.7 Å². The largest absolute Gasteiger partial charge is 0.540 e. The van der Waals surface area contributed by atoms with Crippen LogP contribution < -0.4 is 4.43 Å². The Morgan fingerprint density at radius 2 is 2.33 bits per heavy atom. The van der Waals surface area contributed by atoms with E-state index >= 15 is 0 Å². The molecule has 0 N–H and O–H groups in total. The molecule has 15 heavy (non-hydrogen) atoms. The molecule has 80 valence electrons. The fourth-order valence-corrected chi connectivity index (χ4v) is 1.86. The van der Waals surface area contributed by atoms with Gasteiger partial charge >= 0.3 is 9.76 Å². The first-order valence-corrected chi connectivity index (χ1v) is 5.88. The zero-order valence-corrected chi connectivity index (χ0v) is 10.2. The van der Waals surface area contributed by atoms with Crippen LogP contribution in [0.25, 0.3) is 6.08 Å². The molecule has 1 rings (SSSR count). The zero-order chi connectivity index (χ0) is 11.1. The van der Waals surface area contributed by atoms with Crippen LogP contribution in [-0.4, -0.2) is 23.5 Å². The first-order chi connectivity index (χ1) is 7.26. The summed E-state index contributed by atoms with van der Waals surface area (Å²) < 4.78 is 10.7. The zero-order valence-electron chi connectivity index (χ0n) is 9.19. The van der Waals surface area contributed by atoms with Gasteiger partial charge in [0.2, 0.25) is 0 Å². The maximum Gasteiger partial charge on any atom is 0.316 e. The van der Waals surface area contributed by atoms with Crippen molar-refractivity contribution in [1.29, 1.82) is 0 Å². The average molecular weight is 220 g/mol. The van der Waals surface area contributed by atoms with E-state index in [9.17, 15) is 0 Å². The Bertz CT molecular complexity index is 312. The summed E-state index contributed by atoms with van der Waals surface area (Å²) in [6.45, 7) is 6.57. The third-order valence-electron chi connectivity index (χ3n) is 1.89. The Morgan fingerprint density at radius 1 is 1.53 bits per heavy atom. The van der Waals surface area contributed by atoms with Crippen LogP contribution in [0.3, 0.4) is 0 Å². The first-order valence-electron chi connectivity index (χ1n) is 4.90. The van der Waals surface area contributed by atoms with Gasteiger partial charge in [0.15, 0.2) is 0 Å². The molecule has 0 heterocycles. The molecule has 0 fully saturated rings. The smallest absolute Gasteiger partial charge is 0.316 e. The minimum Gasteiger partial charge on any atom is -0.540 e. The van der Waals surface area contributed by atoms with Gasteiger partial charge < -0.3 is 9.16 Å². The van der Waals surface area contributed by atoms with Crippen molar-refractivity contribution in [3.63, 3.8) is 0 Å². The number of hydrogen-bond donors (Lipinski definition) is 0. The van der Waals surface area contributed by atoms with Crippen LogP contribution in [-0.2, 0) is 4.74 Å². The van der Waals surface area contributed by atoms with Crippen LogP contribution in [0, 0.1) is 0 Å². The summed E-state index contributed by atoms with van der Waals surface area (Å²) in [5.41, 5.74) is 1.51. The molecule has 1 aromatic carbocycles. The Labute approximate surface area is 93.9 Å². The van der Waals surface area contributed by atoms with Crippen molar-refractivity contribution >= 4 is 15.8 Å². The summed E-state index contributed by atoms with van der Waals surface area (Å²) in [7, 11) is 2.14. The quantitative estimate of drug-likeness (QED) is 0.686. The van der Waals surface area contributed by atoms with E-state index < -0.39 is 0 Å². The highest BCUT2D eigenvalue weighted by Gasteiger charge is 2.06. The Balaban J connectivity index is 2.46. The van der Waals surface area contributed by atoms with Gasteiger partial charge in [-0.2, -0.15) is 0 Å². The van der Waals surface area contributed by atoms with E-state index in [0.29, 0.717) is 15.3 Å². The molecule has 0 aliphatic rings. The highest BCUT2D eigenvalue weighted by atomic mass is 28.2. The predicted molar refractivity (Wildman–Crippen MR) is 64.2 cm³/mol. The summed E-state index contributed by atoms with van der Waals surface area (Å²) in [4.78, 5) is 0. The summed E-state index contributed by atoms with van der Waals surface area (Å²) >= 11 is 0. The van der Waals surface area contributed by atoms with Gasteiger partial charge in [-0.05, 0) is 17.7 Å². The van der Waals surface area contributed by atoms with E-state index in [1.165, 1.54) is 0 Å². The topological polar surface area (TPSA) is 18.5 Å².